The number of hydrogen-bond donors (Lipinski definition) is 1. The summed E-state index contributed by atoms with van der Waals surface area (Å²) in [5, 5.41) is 2.05. The zero-order chi connectivity index (χ0) is 18.1. The highest BCUT2D eigenvalue weighted by atomic mass is 32.1. The number of carbonyl (C=O) groups is 2. The lowest BCUT2D eigenvalue weighted by Gasteiger charge is -2.44. The number of hydrogen-bond acceptors (Lipinski definition) is 3. The van der Waals surface area contributed by atoms with E-state index in [0.717, 1.165) is 50.4 Å². The minimum Gasteiger partial charge on any atom is -0.351 e. The molecule has 26 heavy (non-hydrogen) atoms. The molecule has 1 saturated carbocycles. The predicted molar refractivity (Wildman–Crippen MR) is 103 cm³/mol. The van der Waals surface area contributed by atoms with Gasteiger partial charge in [-0.25, -0.2) is 4.79 Å². The van der Waals surface area contributed by atoms with Crippen molar-refractivity contribution in [2.75, 3.05) is 19.6 Å². The summed E-state index contributed by atoms with van der Waals surface area (Å²) in [5.74, 6) is 1.40. The maximum Gasteiger partial charge on any atom is 0.314 e. The quantitative estimate of drug-likeness (QED) is 0.854. The van der Waals surface area contributed by atoms with E-state index in [1.807, 2.05) is 5.38 Å². The molecule has 5 nitrogen and oxygen atoms in total. The van der Waals surface area contributed by atoms with Crippen molar-refractivity contribution in [2.45, 2.75) is 63.3 Å². The van der Waals surface area contributed by atoms with Crippen molar-refractivity contribution in [3.63, 3.8) is 0 Å². The molecule has 2 atom stereocenters. The van der Waals surface area contributed by atoms with Gasteiger partial charge in [0.15, 0.2) is 0 Å². The second kappa shape index (κ2) is 7.59. The first-order valence-corrected chi connectivity index (χ1v) is 10.9. The SMILES string of the molecule is NC(=O)N1CCC(c2cc(C(=O)N3CCC[C@H]4CCCC[C@H]43)cs2)CC1. The van der Waals surface area contributed by atoms with Gasteiger partial charge in [-0.2, -0.15) is 0 Å². The zero-order valence-corrected chi connectivity index (χ0v) is 16.2. The lowest BCUT2D eigenvalue weighted by atomic mass is 9.78. The standard InChI is InChI=1S/C20H29N3O2S/c21-20(25)22-10-7-15(8-11-22)18-12-16(13-26-18)19(24)23-9-3-5-14-4-1-2-6-17(14)23/h12-15,17H,1-11H2,(H2,21,25)/t14-,17-/m1/s1. The number of amides is 3. The molecule has 142 valence electrons. The summed E-state index contributed by atoms with van der Waals surface area (Å²) in [4.78, 5) is 29.6. The van der Waals surface area contributed by atoms with E-state index in [1.54, 1.807) is 16.2 Å². The van der Waals surface area contributed by atoms with E-state index in [0.29, 0.717) is 12.0 Å². The number of thiophene rings is 1. The molecule has 2 saturated heterocycles. The van der Waals surface area contributed by atoms with Crippen LogP contribution >= 0.6 is 11.3 Å². The van der Waals surface area contributed by atoms with Crippen molar-refractivity contribution in [3.8, 4) is 0 Å². The Kier molecular flexibility index (Phi) is 5.20. The van der Waals surface area contributed by atoms with Crippen molar-refractivity contribution < 1.29 is 9.59 Å². The minimum absolute atomic E-state index is 0.235. The maximum atomic E-state index is 13.2. The first-order chi connectivity index (χ1) is 12.6. The van der Waals surface area contributed by atoms with Crippen LogP contribution in [-0.4, -0.2) is 47.4 Å². The van der Waals surface area contributed by atoms with E-state index in [2.05, 4.69) is 11.0 Å². The monoisotopic (exact) mass is 375 g/mol. The van der Waals surface area contributed by atoms with Crippen molar-refractivity contribution in [1.82, 2.24) is 9.80 Å². The first kappa shape index (κ1) is 17.8. The summed E-state index contributed by atoms with van der Waals surface area (Å²) in [6.45, 7) is 2.36. The highest BCUT2D eigenvalue weighted by molar-refractivity contribution is 7.10. The Bertz CT molecular complexity index is 664. The summed E-state index contributed by atoms with van der Waals surface area (Å²) in [6.07, 6.45) is 9.38. The molecule has 2 N–H and O–H groups in total. The van der Waals surface area contributed by atoms with E-state index >= 15 is 0 Å². The molecule has 0 unspecified atom stereocenters. The first-order valence-electron chi connectivity index (χ1n) is 10.1. The summed E-state index contributed by atoms with van der Waals surface area (Å²) in [6, 6.07) is 2.26. The van der Waals surface area contributed by atoms with Gasteiger partial charge in [-0.05, 0) is 56.4 Å². The Morgan fingerprint density at radius 3 is 2.50 bits per heavy atom. The Morgan fingerprint density at radius 2 is 1.73 bits per heavy atom. The average molecular weight is 376 g/mol. The van der Waals surface area contributed by atoms with Crippen LogP contribution in [0.1, 0.15) is 72.5 Å². The van der Waals surface area contributed by atoms with E-state index in [-0.39, 0.29) is 11.9 Å². The molecule has 3 amide bonds. The number of urea groups is 1. The number of nitrogens with zero attached hydrogens (tertiary/aromatic N) is 2. The van der Waals surface area contributed by atoms with E-state index in [4.69, 9.17) is 5.73 Å². The van der Waals surface area contributed by atoms with Crippen molar-refractivity contribution in [1.29, 1.82) is 0 Å². The Morgan fingerprint density at radius 1 is 1.00 bits per heavy atom. The Labute approximate surface area is 159 Å². The van der Waals surface area contributed by atoms with Crippen LogP contribution < -0.4 is 5.73 Å². The number of rotatable bonds is 2. The van der Waals surface area contributed by atoms with Crippen LogP contribution in [0.3, 0.4) is 0 Å². The van der Waals surface area contributed by atoms with Gasteiger partial charge in [0.25, 0.3) is 5.91 Å². The molecule has 0 aromatic carbocycles. The third kappa shape index (κ3) is 3.48. The van der Waals surface area contributed by atoms with Crippen LogP contribution in [0.4, 0.5) is 4.79 Å². The van der Waals surface area contributed by atoms with Gasteiger partial charge in [0, 0.05) is 35.9 Å². The second-order valence-corrected chi connectivity index (χ2v) is 9.03. The van der Waals surface area contributed by atoms with E-state index in [1.165, 1.54) is 37.0 Å². The maximum absolute atomic E-state index is 13.2. The number of primary amides is 1. The minimum atomic E-state index is -0.322. The number of carbonyl (C=O) groups excluding carboxylic acids is 2. The number of likely N-dealkylation sites (tertiary alicyclic amines) is 2. The lowest BCUT2D eigenvalue weighted by Crippen LogP contribution is -2.49. The van der Waals surface area contributed by atoms with Gasteiger partial charge in [-0.15, -0.1) is 11.3 Å². The summed E-state index contributed by atoms with van der Waals surface area (Å²) in [7, 11) is 0. The van der Waals surface area contributed by atoms with Crippen LogP contribution in [0.15, 0.2) is 11.4 Å². The van der Waals surface area contributed by atoms with Gasteiger partial charge in [-0.3, -0.25) is 4.79 Å². The lowest BCUT2D eigenvalue weighted by molar-refractivity contribution is 0.0391. The number of piperidine rings is 2. The molecule has 0 bridgehead atoms. The molecular weight excluding hydrogens is 346 g/mol. The fourth-order valence-electron chi connectivity index (χ4n) is 5.11. The average Bonchev–Trinajstić information content (AvgIpc) is 3.17. The zero-order valence-electron chi connectivity index (χ0n) is 15.4. The smallest absolute Gasteiger partial charge is 0.314 e. The molecule has 1 aromatic rings. The van der Waals surface area contributed by atoms with Crippen LogP contribution in [-0.2, 0) is 0 Å². The molecule has 3 fully saturated rings. The fourth-order valence-corrected chi connectivity index (χ4v) is 6.16. The third-order valence-corrected chi connectivity index (χ3v) is 7.67. The van der Waals surface area contributed by atoms with Crippen molar-refractivity contribution in [2.24, 2.45) is 11.7 Å². The van der Waals surface area contributed by atoms with Gasteiger partial charge in [0.05, 0.1) is 5.56 Å². The van der Waals surface area contributed by atoms with Crippen molar-refractivity contribution >= 4 is 23.3 Å². The topological polar surface area (TPSA) is 66.6 Å². The molecule has 3 heterocycles. The molecule has 0 spiro atoms. The van der Waals surface area contributed by atoms with Gasteiger partial charge in [0.1, 0.15) is 0 Å². The van der Waals surface area contributed by atoms with E-state index < -0.39 is 0 Å². The molecular formula is C20H29N3O2S. The fraction of sp³-hybridized carbons (Fsp3) is 0.700. The Balaban J connectivity index is 1.42. The van der Waals surface area contributed by atoms with Crippen LogP contribution in [0, 0.1) is 5.92 Å². The molecule has 2 aliphatic heterocycles. The highest BCUT2D eigenvalue weighted by Crippen LogP contribution is 2.37. The second-order valence-electron chi connectivity index (χ2n) is 8.09. The van der Waals surface area contributed by atoms with Gasteiger partial charge in [0.2, 0.25) is 0 Å². The highest BCUT2D eigenvalue weighted by Gasteiger charge is 2.36. The Hall–Kier alpha value is -1.56. The molecule has 1 aliphatic carbocycles. The van der Waals surface area contributed by atoms with Gasteiger partial charge >= 0.3 is 6.03 Å². The molecule has 4 rings (SSSR count). The summed E-state index contributed by atoms with van der Waals surface area (Å²) in [5.41, 5.74) is 6.24. The number of fused-ring (bicyclic) bond motifs is 1. The molecule has 6 heteroatoms. The molecule has 0 radical (unpaired) electrons. The number of nitrogens with two attached hydrogens (primary N) is 1. The normalized spacial score (nSPS) is 27.2. The summed E-state index contributed by atoms with van der Waals surface area (Å²) >= 11 is 1.71. The van der Waals surface area contributed by atoms with Crippen LogP contribution in [0.5, 0.6) is 0 Å². The predicted octanol–water partition coefficient (Wildman–Crippen LogP) is 3.80. The van der Waals surface area contributed by atoms with Crippen LogP contribution in [0.25, 0.3) is 0 Å². The largest absolute Gasteiger partial charge is 0.351 e. The summed E-state index contributed by atoms with van der Waals surface area (Å²) < 4.78 is 0. The van der Waals surface area contributed by atoms with Gasteiger partial charge < -0.3 is 15.5 Å². The molecule has 3 aliphatic rings. The van der Waals surface area contributed by atoms with Crippen molar-refractivity contribution in [3.05, 3.63) is 21.9 Å². The van der Waals surface area contributed by atoms with Crippen LogP contribution in [0.2, 0.25) is 0 Å². The molecule has 1 aromatic heterocycles. The van der Waals surface area contributed by atoms with Gasteiger partial charge in [-0.1, -0.05) is 12.8 Å². The van der Waals surface area contributed by atoms with E-state index in [9.17, 15) is 9.59 Å². The third-order valence-electron chi connectivity index (χ3n) is 6.58.